The molecule has 0 spiro atoms. The van der Waals surface area contributed by atoms with Gasteiger partial charge in [-0.2, -0.15) is 0 Å². The van der Waals surface area contributed by atoms with E-state index in [0.29, 0.717) is 0 Å². The largest absolute Gasteiger partial charge is 0.456 e. The van der Waals surface area contributed by atoms with Gasteiger partial charge in [0.25, 0.3) is 0 Å². The Balaban J connectivity index is 1.20. The molecule has 0 aliphatic heterocycles. The maximum Gasteiger partial charge on any atom is 0.136 e. The summed E-state index contributed by atoms with van der Waals surface area (Å²) >= 11 is 0. The average molecular weight is 723 g/mol. The number of rotatable bonds is 4. The molecule has 0 aliphatic carbocycles. The van der Waals surface area contributed by atoms with Gasteiger partial charge in [-0.1, -0.05) is 182 Å². The zero-order valence-corrected chi connectivity index (χ0v) is 31.0. The molecule has 0 saturated heterocycles. The maximum atomic E-state index is 6.74. The van der Waals surface area contributed by atoms with Gasteiger partial charge in [0, 0.05) is 10.8 Å². The molecule has 1 heterocycles. The van der Waals surface area contributed by atoms with Crippen molar-refractivity contribution < 1.29 is 4.42 Å². The fourth-order valence-electron chi connectivity index (χ4n) is 9.61. The summed E-state index contributed by atoms with van der Waals surface area (Å²) in [5.74, 6) is 0. The van der Waals surface area contributed by atoms with E-state index in [9.17, 15) is 0 Å². The molecule has 12 aromatic rings. The average Bonchev–Trinajstić information content (AvgIpc) is 3.66. The Bertz CT molecular complexity index is 3520. The van der Waals surface area contributed by atoms with Crippen LogP contribution < -0.4 is 0 Å². The molecule has 0 atom stereocenters. The van der Waals surface area contributed by atoms with Crippen LogP contribution >= 0.6 is 0 Å². The topological polar surface area (TPSA) is 13.1 Å². The molecule has 0 fully saturated rings. The summed E-state index contributed by atoms with van der Waals surface area (Å²) < 4.78 is 6.74. The first-order valence-corrected chi connectivity index (χ1v) is 19.7. The minimum Gasteiger partial charge on any atom is -0.456 e. The van der Waals surface area contributed by atoms with Gasteiger partial charge in [0.1, 0.15) is 11.2 Å². The molecule has 0 bridgehead atoms. The maximum absolute atomic E-state index is 6.74. The molecular weight excluding hydrogens is 689 g/mol. The first-order valence-electron chi connectivity index (χ1n) is 19.7. The fourth-order valence-corrected chi connectivity index (χ4v) is 9.61. The standard InChI is InChI=1S/C56H34O/c1-3-19-38-35(16-1)18-15-30-40(38)37-33-51(56-49-29-13-14-31-52(49)57-53(56)34-37)55-47-27-11-9-25-45(47)54(46-26-10-12-28-48(46)55)44-24-8-7-23-43(44)50-32-36-17-2-4-20-39(36)41-21-5-6-22-42(41)50/h1-34H. The molecule has 12 rings (SSSR count). The summed E-state index contributed by atoms with van der Waals surface area (Å²) in [5, 5.41) is 14.6. The predicted molar refractivity (Wildman–Crippen MR) is 243 cm³/mol. The van der Waals surface area contributed by atoms with Gasteiger partial charge in [-0.05, 0) is 123 Å². The van der Waals surface area contributed by atoms with Gasteiger partial charge in [0.05, 0.1) is 0 Å². The Labute approximate surface area is 329 Å². The van der Waals surface area contributed by atoms with E-state index >= 15 is 0 Å². The summed E-state index contributed by atoms with van der Waals surface area (Å²) in [5.41, 5.74) is 11.4. The van der Waals surface area contributed by atoms with Gasteiger partial charge in [-0.25, -0.2) is 0 Å². The minimum absolute atomic E-state index is 0.891. The lowest BCUT2D eigenvalue weighted by atomic mass is 9.82. The van der Waals surface area contributed by atoms with Gasteiger partial charge in [-0.15, -0.1) is 0 Å². The highest BCUT2D eigenvalue weighted by atomic mass is 16.3. The van der Waals surface area contributed by atoms with Crippen molar-refractivity contribution in [2.75, 3.05) is 0 Å². The van der Waals surface area contributed by atoms with E-state index in [1.54, 1.807) is 0 Å². The summed E-state index contributed by atoms with van der Waals surface area (Å²) in [4.78, 5) is 0. The van der Waals surface area contributed by atoms with Crippen molar-refractivity contribution in [2.24, 2.45) is 0 Å². The van der Waals surface area contributed by atoms with E-state index in [1.165, 1.54) is 92.8 Å². The van der Waals surface area contributed by atoms with Crippen molar-refractivity contribution in [1.29, 1.82) is 0 Å². The third-order valence-corrected chi connectivity index (χ3v) is 12.0. The molecule has 1 aromatic heterocycles. The van der Waals surface area contributed by atoms with Crippen LogP contribution in [0.3, 0.4) is 0 Å². The van der Waals surface area contributed by atoms with E-state index < -0.39 is 0 Å². The Hall–Kier alpha value is -7.48. The second-order valence-corrected chi connectivity index (χ2v) is 15.1. The predicted octanol–water partition coefficient (Wildman–Crippen LogP) is 16.0. The van der Waals surface area contributed by atoms with Crippen molar-refractivity contribution in [1.82, 2.24) is 0 Å². The van der Waals surface area contributed by atoms with Gasteiger partial charge >= 0.3 is 0 Å². The zero-order chi connectivity index (χ0) is 37.5. The second-order valence-electron chi connectivity index (χ2n) is 15.1. The van der Waals surface area contributed by atoms with Gasteiger partial charge < -0.3 is 4.42 Å². The molecule has 1 heteroatoms. The Morgan fingerprint density at radius 3 is 1.46 bits per heavy atom. The van der Waals surface area contributed by atoms with Crippen LogP contribution in [0.2, 0.25) is 0 Å². The first kappa shape index (κ1) is 31.8. The van der Waals surface area contributed by atoms with Crippen molar-refractivity contribution in [2.45, 2.75) is 0 Å². The quantitative estimate of drug-likeness (QED) is 0.130. The van der Waals surface area contributed by atoms with E-state index in [1.807, 2.05) is 0 Å². The van der Waals surface area contributed by atoms with Crippen molar-refractivity contribution >= 4 is 75.8 Å². The van der Waals surface area contributed by atoms with E-state index in [0.717, 1.165) is 27.5 Å². The second kappa shape index (κ2) is 12.5. The van der Waals surface area contributed by atoms with Gasteiger partial charge in [0.15, 0.2) is 0 Å². The molecule has 0 saturated carbocycles. The number of benzene rings is 11. The van der Waals surface area contributed by atoms with E-state index in [2.05, 4.69) is 206 Å². The van der Waals surface area contributed by atoms with Crippen molar-refractivity contribution in [3.63, 3.8) is 0 Å². The highest BCUT2D eigenvalue weighted by Crippen LogP contribution is 2.50. The molecule has 1 nitrogen and oxygen atoms in total. The van der Waals surface area contributed by atoms with Crippen LogP contribution in [-0.4, -0.2) is 0 Å². The van der Waals surface area contributed by atoms with Crippen LogP contribution in [0.15, 0.2) is 211 Å². The fraction of sp³-hybridized carbons (Fsp3) is 0. The molecule has 0 radical (unpaired) electrons. The van der Waals surface area contributed by atoms with Crippen molar-refractivity contribution in [3.05, 3.63) is 206 Å². The molecule has 0 unspecified atom stereocenters. The lowest BCUT2D eigenvalue weighted by Crippen LogP contribution is -1.94. The number of hydrogen-bond donors (Lipinski definition) is 0. The number of hydrogen-bond acceptors (Lipinski definition) is 1. The van der Waals surface area contributed by atoms with Gasteiger partial charge in [0.2, 0.25) is 0 Å². The third-order valence-electron chi connectivity index (χ3n) is 12.0. The first-order chi connectivity index (χ1) is 28.3. The number of fused-ring (bicyclic) bond motifs is 9. The molecule has 11 aromatic carbocycles. The van der Waals surface area contributed by atoms with Crippen LogP contribution in [0.5, 0.6) is 0 Å². The normalized spacial score (nSPS) is 11.9. The highest BCUT2D eigenvalue weighted by molar-refractivity contribution is 6.27. The minimum atomic E-state index is 0.891. The molecule has 264 valence electrons. The van der Waals surface area contributed by atoms with E-state index in [-0.39, 0.29) is 0 Å². The van der Waals surface area contributed by atoms with Crippen LogP contribution in [0.1, 0.15) is 0 Å². The van der Waals surface area contributed by atoms with E-state index in [4.69, 9.17) is 4.42 Å². The number of para-hydroxylation sites is 1. The molecule has 0 aliphatic rings. The Morgan fingerprint density at radius 1 is 0.246 bits per heavy atom. The Morgan fingerprint density at radius 2 is 0.737 bits per heavy atom. The van der Waals surface area contributed by atoms with Crippen LogP contribution in [-0.2, 0) is 0 Å². The molecule has 0 amide bonds. The SMILES string of the molecule is c1ccc(-c2cc3ccccc3c3ccccc23)c(-c2c3ccccc3c(-c3cc(-c4cccc5ccccc45)cc4oc5ccccc5c34)c3ccccc23)c1. The highest BCUT2D eigenvalue weighted by Gasteiger charge is 2.23. The van der Waals surface area contributed by atoms with Crippen molar-refractivity contribution in [3.8, 4) is 44.5 Å². The van der Waals surface area contributed by atoms with Gasteiger partial charge in [-0.3, -0.25) is 0 Å². The summed E-state index contributed by atoms with van der Waals surface area (Å²) in [6.45, 7) is 0. The lowest BCUT2D eigenvalue weighted by Gasteiger charge is -2.21. The number of furan rings is 1. The van der Waals surface area contributed by atoms with Crippen LogP contribution in [0, 0.1) is 0 Å². The third kappa shape index (κ3) is 4.83. The Kier molecular flexibility index (Phi) is 7.00. The van der Waals surface area contributed by atoms with Crippen LogP contribution in [0.4, 0.5) is 0 Å². The smallest absolute Gasteiger partial charge is 0.136 e. The zero-order valence-electron chi connectivity index (χ0n) is 31.0. The molecular formula is C56H34O. The summed E-state index contributed by atoms with van der Waals surface area (Å²) in [7, 11) is 0. The summed E-state index contributed by atoms with van der Waals surface area (Å²) in [6, 6.07) is 75.4. The monoisotopic (exact) mass is 722 g/mol. The molecule has 0 N–H and O–H groups in total. The molecule has 57 heavy (non-hydrogen) atoms. The van der Waals surface area contributed by atoms with Crippen LogP contribution in [0.25, 0.3) is 120 Å². The summed E-state index contributed by atoms with van der Waals surface area (Å²) in [6.07, 6.45) is 0. The lowest BCUT2D eigenvalue weighted by molar-refractivity contribution is 0.669.